The van der Waals surface area contributed by atoms with Crippen LogP contribution in [-0.2, 0) is 6.42 Å². The summed E-state index contributed by atoms with van der Waals surface area (Å²) in [6.45, 7) is 20.8. The van der Waals surface area contributed by atoms with Crippen molar-refractivity contribution in [1.82, 2.24) is 4.98 Å². The molecule has 0 amide bonds. The molecule has 258 valence electrons. The lowest BCUT2D eigenvalue weighted by Crippen LogP contribution is -2.51. The van der Waals surface area contributed by atoms with E-state index in [9.17, 15) is 0 Å². The Morgan fingerprint density at radius 3 is 2.27 bits per heavy atom. The summed E-state index contributed by atoms with van der Waals surface area (Å²) in [5.74, 6) is 0.854. The minimum atomic E-state index is 0.0986. The van der Waals surface area contributed by atoms with Crippen LogP contribution in [0.15, 0.2) is 108 Å². The van der Waals surface area contributed by atoms with Crippen molar-refractivity contribution in [2.24, 2.45) is 0 Å². The van der Waals surface area contributed by atoms with E-state index in [-0.39, 0.29) is 12.0 Å². The van der Waals surface area contributed by atoms with E-state index < -0.39 is 0 Å². The lowest BCUT2D eigenvalue weighted by atomic mass is 9.79. The van der Waals surface area contributed by atoms with Gasteiger partial charge in [0.2, 0.25) is 17.1 Å². The van der Waals surface area contributed by atoms with Crippen LogP contribution < -0.4 is 9.13 Å². The minimum absolute atomic E-state index is 0.0986. The molecule has 4 aromatic heterocycles. The number of hydrogen-bond acceptors (Lipinski definition) is 2. The second kappa shape index (κ2) is 12.1. The van der Waals surface area contributed by atoms with Crippen LogP contribution in [-0.4, -0.2) is 4.98 Å². The van der Waals surface area contributed by atoms with Crippen molar-refractivity contribution in [3.8, 4) is 33.8 Å². The molecule has 0 N–H and O–H groups in total. The normalized spacial score (nSPS) is 16.6. The molecule has 0 fully saturated rings. The molecule has 0 radical (unpaired) electrons. The van der Waals surface area contributed by atoms with E-state index in [2.05, 4.69) is 155 Å². The molecule has 2 unspecified atom stereocenters. The largest absolute Gasteiger partial charge is 0.437 e. The maximum absolute atomic E-state index is 7.02. The molecular formula is C48H47N3O+2. The van der Waals surface area contributed by atoms with E-state index in [1.54, 1.807) is 0 Å². The van der Waals surface area contributed by atoms with E-state index in [0.717, 1.165) is 51.8 Å². The zero-order valence-corrected chi connectivity index (χ0v) is 31.4. The lowest BCUT2D eigenvalue weighted by molar-refractivity contribution is -0.720. The number of rotatable bonds is 3. The summed E-state index contributed by atoms with van der Waals surface area (Å²) >= 11 is 0. The third-order valence-electron chi connectivity index (χ3n) is 12.1. The van der Waals surface area contributed by atoms with Crippen molar-refractivity contribution in [1.29, 1.82) is 0 Å². The van der Waals surface area contributed by atoms with E-state index in [1.165, 1.54) is 55.9 Å². The summed E-state index contributed by atoms with van der Waals surface area (Å²) in [6.07, 6.45) is 4.14. The highest BCUT2D eigenvalue weighted by atomic mass is 16.3. The number of pyridine rings is 3. The zero-order valence-electron chi connectivity index (χ0n) is 31.4. The summed E-state index contributed by atoms with van der Waals surface area (Å²) in [6, 6.07) is 33.8. The van der Waals surface area contributed by atoms with Gasteiger partial charge in [-0.2, -0.15) is 9.13 Å². The summed E-state index contributed by atoms with van der Waals surface area (Å²) in [5, 5.41) is 2.15. The van der Waals surface area contributed by atoms with Gasteiger partial charge in [0.25, 0.3) is 0 Å². The van der Waals surface area contributed by atoms with Crippen LogP contribution in [0, 0.1) is 20.8 Å². The average molecular weight is 682 g/mol. The zero-order chi connectivity index (χ0) is 36.0. The quantitative estimate of drug-likeness (QED) is 0.174. The lowest BCUT2D eigenvalue weighted by Gasteiger charge is -2.29. The van der Waals surface area contributed by atoms with Crippen molar-refractivity contribution in [3.63, 3.8) is 0 Å². The van der Waals surface area contributed by atoms with Crippen molar-refractivity contribution < 1.29 is 13.6 Å². The van der Waals surface area contributed by atoms with Gasteiger partial charge >= 0.3 is 0 Å². The first-order valence-corrected chi connectivity index (χ1v) is 18.9. The average Bonchev–Trinajstić information content (AvgIpc) is 3.54. The van der Waals surface area contributed by atoms with Gasteiger partial charge < -0.3 is 4.42 Å². The third kappa shape index (κ3) is 4.76. The van der Waals surface area contributed by atoms with E-state index in [1.807, 2.05) is 0 Å². The molecule has 0 spiro atoms. The van der Waals surface area contributed by atoms with E-state index in [0.29, 0.717) is 17.5 Å². The predicted octanol–water partition coefficient (Wildman–Crippen LogP) is 11.5. The number of nitrogens with zero attached hydrogens (tertiary/aromatic N) is 3. The molecule has 2 aliphatic rings. The molecule has 4 nitrogen and oxygen atoms in total. The molecule has 0 saturated carbocycles. The molecule has 3 aromatic carbocycles. The van der Waals surface area contributed by atoms with E-state index in [4.69, 9.17) is 16.0 Å². The van der Waals surface area contributed by atoms with Crippen molar-refractivity contribution in [3.05, 3.63) is 143 Å². The number of hydrogen-bond donors (Lipinski definition) is 0. The Morgan fingerprint density at radius 1 is 0.769 bits per heavy atom. The third-order valence-corrected chi connectivity index (χ3v) is 12.1. The first-order valence-electron chi connectivity index (χ1n) is 18.9. The van der Waals surface area contributed by atoms with Gasteiger partial charge in [-0.15, -0.1) is 0 Å². The van der Waals surface area contributed by atoms with Crippen LogP contribution in [0.4, 0.5) is 0 Å². The topological polar surface area (TPSA) is 33.8 Å². The van der Waals surface area contributed by atoms with Crippen LogP contribution in [0.2, 0.25) is 0 Å². The van der Waals surface area contributed by atoms with Crippen LogP contribution in [0.5, 0.6) is 0 Å². The highest BCUT2D eigenvalue weighted by molar-refractivity contribution is 6.09. The van der Waals surface area contributed by atoms with Gasteiger partial charge in [0, 0.05) is 53.4 Å². The standard InChI is InChI=1S/C48H47N3O/c1-27(2)34-16-13-17-35(28(3)4)46(34)40-23-22-39-38-21-19-33-20-24-42-44(37-15-10-9-14-36(37)41-18-11-12-25-50(41)42)32(8)51-31(7)30(6)29(5)26-43(51)45(33)47(38)52-48(39)49-40/h9-19,21-23,25-28,42,44H,8,20,24H2,1-7H3/q+2. The molecular weight excluding hydrogens is 635 g/mol. The van der Waals surface area contributed by atoms with Crippen LogP contribution in [0.1, 0.15) is 97.0 Å². The minimum Gasteiger partial charge on any atom is -0.437 e. The Balaban J connectivity index is 1.31. The molecule has 2 atom stereocenters. The molecule has 2 aliphatic heterocycles. The highest BCUT2D eigenvalue weighted by Gasteiger charge is 2.47. The van der Waals surface area contributed by atoms with Crippen LogP contribution >= 0.6 is 0 Å². The Labute approximate surface area is 307 Å². The van der Waals surface area contributed by atoms with Crippen molar-refractivity contribution in [2.45, 2.75) is 85.1 Å². The number of furan rings is 1. The van der Waals surface area contributed by atoms with E-state index >= 15 is 0 Å². The number of benzene rings is 3. The molecule has 0 saturated heterocycles. The first-order chi connectivity index (χ1) is 25.1. The number of fused-ring (bicyclic) bond motifs is 13. The molecule has 9 rings (SSSR count). The van der Waals surface area contributed by atoms with Crippen molar-refractivity contribution in [2.75, 3.05) is 0 Å². The summed E-state index contributed by atoms with van der Waals surface area (Å²) in [7, 11) is 0. The summed E-state index contributed by atoms with van der Waals surface area (Å²) in [5.41, 5.74) is 18.8. The number of allylic oxidation sites excluding steroid dienone is 1. The highest BCUT2D eigenvalue weighted by Crippen LogP contribution is 2.47. The smallest absolute Gasteiger partial charge is 0.227 e. The van der Waals surface area contributed by atoms with Gasteiger partial charge in [-0.3, -0.25) is 0 Å². The molecule has 52 heavy (non-hydrogen) atoms. The fourth-order valence-electron chi connectivity index (χ4n) is 9.30. The summed E-state index contributed by atoms with van der Waals surface area (Å²) < 4.78 is 12.0. The predicted molar refractivity (Wildman–Crippen MR) is 212 cm³/mol. The summed E-state index contributed by atoms with van der Waals surface area (Å²) in [4.78, 5) is 5.31. The second-order valence-electron chi connectivity index (χ2n) is 15.7. The first kappa shape index (κ1) is 32.6. The van der Waals surface area contributed by atoms with Crippen LogP contribution in [0.25, 0.3) is 61.5 Å². The fraction of sp³-hybridized carbons (Fsp3) is 0.271. The second-order valence-corrected chi connectivity index (χ2v) is 15.7. The Bertz CT molecular complexity index is 2580. The fourth-order valence-corrected chi connectivity index (χ4v) is 9.30. The molecule has 0 bridgehead atoms. The van der Waals surface area contributed by atoms with Gasteiger partial charge in [-0.05, 0) is 90.8 Å². The van der Waals surface area contributed by atoms with Gasteiger partial charge in [0.1, 0.15) is 5.92 Å². The van der Waals surface area contributed by atoms with Gasteiger partial charge in [-0.25, -0.2) is 4.98 Å². The molecule has 0 aliphatic carbocycles. The number of aromatic nitrogens is 3. The SMILES string of the molecule is C=C1C2c3ccccc3-c3cccc[n+]3C2CCc2ccc3c(oc4nc(-c5c(C(C)C)cccc5C(C)C)ccc43)c2-c2cc(C)c(C)c(C)[n+]21. The van der Waals surface area contributed by atoms with Gasteiger partial charge in [0.05, 0.1) is 16.8 Å². The maximum atomic E-state index is 7.02. The van der Waals surface area contributed by atoms with Gasteiger partial charge in [0.15, 0.2) is 29.2 Å². The monoisotopic (exact) mass is 681 g/mol. The number of aryl methyl sites for hydroxylation is 2. The molecule has 7 aromatic rings. The Kier molecular flexibility index (Phi) is 7.59. The van der Waals surface area contributed by atoms with Crippen molar-refractivity contribution >= 4 is 27.8 Å². The molecule has 4 heteroatoms. The van der Waals surface area contributed by atoms with Crippen LogP contribution in [0.3, 0.4) is 0 Å². The molecule has 6 heterocycles. The van der Waals surface area contributed by atoms with Gasteiger partial charge in [-0.1, -0.05) is 76.2 Å². The maximum Gasteiger partial charge on any atom is 0.227 e. The Morgan fingerprint density at radius 2 is 1.50 bits per heavy atom. The Hall–Kier alpha value is -5.35.